The number of aromatic nitrogens is 1. The first-order chi connectivity index (χ1) is 15.3. The quantitative estimate of drug-likeness (QED) is 0.565. The SMILES string of the molecule is COc1ccnc(C(=O)N[C@H]2COC(=O)[C@H](Cc3ccccc3)[C@H](O)[C@H](C)OC2=O)c1O. The summed E-state index contributed by atoms with van der Waals surface area (Å²) in [5.74, 6) is -3.98. The fraction of sp³-hybridized carbons (Fsp3) is 0.364. The fourth-order valence-electron chi connectivity index (χ4n) is 3.31. The number of hydrogen-bond donors (Lipinski definition) is 3. The molecule has 0 aliphatic carbocycles. The van der Waals surface area contributed by atoms with Crippen LogP contribution in [0.3, 0.4) is 0 Å². The number of amides is 1. The number of ether oxygens (including phenoxy) is 3. The van der Waals surface area contributed by atoms with E-state index in [9.17, 15) is 24.6 Å². The third-order valence-corrected chi connectivity index (χ3v) is 5.10. The van der Waals surface area contributed by atoms with E-state index in [2.05, 4.69) is 10.3 Å². The molecular weight excluding hydrogens is 420 g/mol. The molecule has 0 saturated carbocycles. The summed E-state index contributed by atoms with van der Waals surface area (Å²) in [6.07, 6.45) is -0.919. The van der Waals surface area contributed by atoms with Crippen molar-refractivity contribution in [2.75, 3.05) is 13.7 Å². The first-order valence-corrected chi connectivity index (χ1v) is 9.93. The number of hydrogen-bond acceptors (Lipinski definition) is 9. The summed E-state index contributed by atoms with van der Waals surface area (Å²) < 4.78 is 15.5. The van der Waals surface area contributed by atoms with E-state index in [-0.39, 0.29) is 17.9 Å². The van der Waals surface area contributed by atoms with E-state index in [1.54, 1.807) is 24.3 Å². The average molecular weight is 444 g/mol. The van der Waals surface area contributed by atoms with Gasteiger partial charge in [-0.15, -0.1) is 0 Å². The lowest BCUT2D eigenvalue weighted by atomic mass is 9.91. The summed E-state index contributed by atoms with van der Waals surface area (Å²) >= 11 is 0. The third kappa shape index (κ3) is 5.14. The summed E-state index contributed by atoms with van der Waals surface area (Å²) in [4.78, 5) is 41.6. The molecule has 3 rings (SSSR count). The molecule has 0 radical (unpaired) electrons. The van der Waals surface area contributed by atoms with Crippen LogP contribution in [0.25, 0.3) is 0 Å². The molecule has 1 aliphatic rings. The number of carbonyl (C=O) groups excluding carboxylic acids is 3. The Morgan fingerprint density at radius 3 is 2.62 bits per heavy atom. The van der Waals surface area contributed by atoms with Gasteiger partial charge in [0.1, 0.15) is 18.8 Å². The number of aromatic hydroxyl groups is 1. The Kier molecular flexibility index (Phi) is 7.26. The van der Waals surface area contributed by atoms with Crippen molar-refractivity contribution >= 4 is 17.8 Å². The molecule has 0 spiro atoms. The second kappa shape index (κ2) is 10.1. The molecule has 1 amide bonds. The highest BCUT2D eigenvalue weighted by Gasteiger charge is 2.38. The van der Waals surface area contributed by atoms with Crippen LogP contribution < -0.4 is 10.1 Å². The minimum atomic E-state index is -1.37. The Morgan fingerprint density at radius 2 is 1.94 bits per heavy atom. The Morgan fingerprint density at radius 1 is 1.22 bits per heavy atom. The van der Waals surface area contributed by atoms with Crippen LogP contribution in [0.5, 0.6) is 11.5 Å². The van der Waals surface area contributed by atoms with Crippen LogP contribution >= 0.6 is 0 Å². The molecule has 1 aromatic carbocycles. The number of cyclic esters (lactones) is 2. The van der Waals surface area contributed by atoms with Crippen LogP contribution in [0, 0.1) is 5.92 Å². The molecule has 1 aliphatic heterocycles. The smallest absolute Gasteiger partial charge is 0.332 e. The molecule has 3 N–H and O–H groups in total. The van der Waals surface area contributed by atoms with Crippen LogP contribution in [0.4, 0.5) is 0 Å². The van der Waals surface area contributed by atoms with Gasteiger partial charge in [0.25, 0.3) is 5.91 Å². The first-order valence-electron chi connectivity index (χ1n) is 9.93. The van der Waals surface area contributed by atoms with Crippen LogP contribution in [0.1, 0.15) is 23.0 Å². The molecule has 0 bridgehead atoms. The number of aliphatic hydroxyl groups is 1. The van der Waals surface area contributed by atoms with Crippen molar-refractivity contribution in [1.29, 1.82) is 0 Å². The summed E-state index contributed by atoms with van der Waals surface area (Å²) in [6, 6.07) is 9.04. The van der Waals surface area contributed by atoms with Crippen molar-refractivity contribution in [3.8, 4) is 11.5 Å². The minimum absolute atomic E-state index is 0.0223. The van der Waals surface area contributed by atoms with E-state index < -0.39 is 54.4 Å². The van der Waals surface area contributed by atoms with E-state index in [1.165, 1.54) is 26.3 Å². The Labute approximate surface area is 184 Å². The van der Waals surface area contributed by atoms with Crippen LogP contribution in [0.15, 0.2) is 42.6 Å². The van der Waals surface area contributed by atoms with Gasteiger partial charge in [0.05, 0.1) is 13.0 Å². The summed E-state index contributed by atoms with van der Waals surface area (Å²) in [6.45, 7) is 0.937. The fourth-order valence-corrected chi connectivity index (χ4v) is 3.31. The zero-order valence-electron chi connectivity index (χ0n) is 17.6. The van der Waals surface area contributed by atoms with Crippen molar-refractivity contribution in [3.05, 3.63) is 53.9 Å². The topological polar surface area (TPSA) is 144 Å². The molecule has 0 unspecified atom stereocenters. The molecular formula is C22H24N2O8. The molecule has 10 nitrogen and oxygen atoms in total. The van der Waals surface area contributed by atoms with Gasteiger partial charge in [-0.2, -0.15) is 0 Å². The van der Waals surface area contributed by atoms with Gasteiger partial charge in [-0.1, -0.05) is 30.3 Å². The van der Waals surface area contributed by atoms with Crippen LogP contribution in [-0.4, -0.2) is 65.0 Å². The second-order valence-electron chi connectivity index (χ2n) is 7.30. The number of carbonyl (C=O) groups is 3. The van der Waals surface area contributed by atoms with E-state index in [0.717, 1.165) is 5.56 Å². The van der Waals surface area contributed by atoms with E-state index in [0.29, 0.717) is 0 Å². The van der Waals surface area contributed by atoms with Crippen molar-refractivity contribution in [2.24, 2.45) is 5.92 Å². The standard InChI is InChI=1S/C22H24N2O8/c1-12-18(25)14(10-13-6-4-3-5-7-13)21(28)31-11-15(22(29)32-12)24-20(27)17-19(26)16(30-2)8-9-23-17/h3-9,12,14-15,18,25-26H,10-11H2,1-2H3,(H,24,27)/t12-,14+,15-,18+/m0/s1. The number of esters is 2. The van der Waals surface area contributed by atoms with Gasteiger partial charge in [0, 0.05) is 12.3 Å². The number of nitrogens with zero attached hydrogens (tertiary/aromatic N) is 1. The number of aliphatic hydroxyl groups excluding tert-OH is 1. The van der Waals surface area contributed by atoms with Gasteiger partial charge in [0.2, 0.25) is 0 Å². The monoisotopic (exact) mass is 444 g/mol. The largest absolute Gasteiger partial charge is 0.503 e. The lowest BCUT2D eigenvalue weighted by Crippen LogP contribution is -2.46. The number of benzene rings is 1. The average Bonchev–Trinajstić information content (AvgIpc) is 2.82. The van der Waals surface area contributed by atoms with E-state index in [1.807, 2.05) is 6.07 Å². The van der Waals surface area contributed by atoms with Crippen molar-refractivity contribution in [3.63, 3.8) is 0 Å². The summed E-state index contributed by atoms with van der Waals surface area (Å²) in [5.41, 5.74) is 0.425. The molecule has 1 aromatic heterocycles. The second-order valence-corrected chi connectivity index (χ2v) is 7.30. The predicted octanol–water partition coefficient (Wildman–Crippen LogP) is 0.602. The molecule has 4 atom stereocenters. The molecule has 10 heteroatoms. The first kappa shape index (κ1) is 23.0. The third-order valence-electron chi connectivity index (χ3n) is 5.10. The van der Waals surface area contributed by atoms with Crippen LogP contribution in [-0.2, 0) is 25.5 Å². The molecule has 32 heavy (non-hydrogen) atoms. The Balaban J connectivity index is 1.77. The minimum Gasteiger partial charge on any atom is -0.503 e. The number of nitrogens with one attached hydrogen (secondary N) is 1. The molecule has 170 valence electrons. The van der Waals surface area contributed by atoms with E-state index >= 15 is 0 Å². The van der Waals surface area contributed by atoms with Crippen LogP contribution in [0.2, 0.25) is 0 Å². The van der Waals surface area contributed by atoms with Crippen molar-refractivity contribution < 1.29 is 38.8 Å². The zero-order valence-corrected chi connectivity index (χ0v) is 17.6. The predicted molar refractivity (Wildman–Crippen MR) is 110 cm³/mol. The number of rotatable bonds is 5. The highest BCUT2D eigenvalue weighted by Crippen LogP contribution is 2.27. The summed E-state index contributed by atoms with van der Waals surface area (Å²) in [5, 5.41) is 23.1. The van der Waals surface area contributed by atoms with Crippen molar-refractivity contribution in [1.82, 2.24) is 10.3 Å². The highest BCUT2D eigenvalue weighted by atomic mass is 16.6. The Bertz CT molecular complexity index is 981. The maximum absolute atomic E-state index is 12.7. The van der Waals surface area contributed by atoms with Gasteiger partial charge < -0.3 is 29.7 Å². The maximum Gasteiger partial charge on any atom is 0.332 e. The van der Waals surface area contributed by atoms with Gasteiger partial charge >= 0.3 is 11.9 Å². The lowest BCUT2D eigenvalue weighted by Gasteiger charge is -2.25. The molecule has 2 aromatic rings. The number of pyridine rings is 1. The zero-order chi connectivity index (χ0) is 23.3. The molecule has 2 heterocycles. The Hall–Kier alpha value is -3.66. The van der Waals surface area contributed by atoms with Gasteiger partial charge in [0.15, 0.2) is 23.2 Å². The van der Waals surface area contributed by atoms with Gasteiger partial charge in [-0.3, -0.25) is 9.59 Å². The van der Waals surface area contributed by atoms with E-state index in [4.69, 9.17) is 14.2 Å². The van der Waals surface area contributed by atoms with Gasteiger partial charge in [-0.25, -0.2) is 9.78 Å². The normalized spacial score (nSPS) is 23.7. The highest BCUT2D eigenvalue weighted by molar-refractivity contribution is 5.98. The van der Waals surface area contributed by atoms with Crippen molar-refractivity contribution in [2.45, 2.75) is 31.6 Å². The maximum atomic E-state index is 12.7. The molecule has 1 fully saturated rings. The van der Waals surface area contributed by atoms with Gasteiger partial charge in [-0.05, 0) is 18.9 Å². The molecule has 1 saturated heterocycles. The lowest BCUT2D eigenvalue weighted by molar-refractivity contribution is -0.159. The number of methoxy groups -OCH3 is 1. The summed E-state index contributed by atoms with van der Waals surface area (Å²) in [7, 11) is 1.31.